The third-order valence-corrected chi connectivity index (χ3v) is 3.20. The third kappa shape index (κ3) is 4.43. The molecule has 0 heterocycles. The average Bonchev–Trinajstić information content (AvgIpc) is 2.07. The SMILES string of the molecule is CC(C)NCCCNCC1(C)CCC1. The highest BCUT2D eigenvalue weighted by Crippen LogP contribution is 2.39. The standard InChI is InChI=1S/C12H26N2/c1-11(2)14-9-5-8-13-10-12(3)6-4-7-12/h11,13-14H,4-10H2,1-3H3. The molecular formula is C12H26N2. The Morgan fingerprint density at radius 3 is 2.43 bits per heavy atom. The molecule has 0 aromatic heterocycles. The van der Waals surface area contributed by atoms with E-state index in [0.717, 1.165) is 13.1 Å². The molecule has 1 saturated carbocycles. The minimum absolute atomic E-state index is 0.624. The van der Waals surface area contributed by atoms with E-state index < -0.39 is 0 Å². The summed E-state index contributed by atoms with van der Waals surface area (Å²) in [6.07, 6.45) is 5.52. The lowest BCUT2D eigenvalue weighted by atomic mass is 9.70. The average molecular weight is 198 g/mol. The molecule has 1 aliphatic carbocycles. The molecule has 2 nitrogen and oxygen atoms in total. The number of hydrogen-bond acceptors (Lipinski definition) is 2. The normalized spacial score (nSPS) is 19.7. The maximum Gasteiger partial charge on any atom is 0.00103 e. The topological polar surface area (TPSA) is 24.1 Å². The first-order valence-corrected chi connectivity index (χ1v) is 6.06. The fourth-order valence-electron chi connectivity index (χ4n) is 1.95. The molecule has 2 heteroatoms. The first-order chi connectivity index (χ1) is 6.62. The van der Waals surface area contributed by atoms with Crippen LogP contribution in [0.5, 0.6) is 0 Å². The highest BCUT2D eigenvalue weighted by atomic mass is 14.9. The van der Waals surface area contributed by atoms with Crippen molar-refractivity contribution in [2.75, 3.05) is 19.6 Å². The summed E-state index contributed by atoms with van der Waals surface area (Å²) >= 11 is 0. The minimum atomic E-state index is 0.624. The number of rotatable bonds is 7. The van der Waals surface area contributed by atoms with Crippen LogP contribution in [0.25, 0.3) is 0 Å². The van der Waals surface area contributed by atoms with Gasteiger partial charge in [-0.05, 0) is 37.8 Å². The highest BCUT2D eigenvalue weighted by molar-refractivity contribution is 4.85. The molecule has 14 heavy (non-hydrogen) atoms. The van der Waals surface area contributed by atoms with Gasteiger partial charge in [0.15, 0.2) is 0 Å². The molecule has 0 unspecified atom stereocenters. The molecule has 1 aliphatic rings. The van der Waals surface area contributed by atoms with E-state index in [2.05, 4.69) is 31.4 Å². The van der Waals surface area contributed by atoms with E-state index >= 15 is 0 Å². The van der Waals surface area contributed by atoms with Crippen LogP contribution in [0.3, 0.4) is 0 Å². The van der Waals surface area contributed by atoms with Gasteiger partial charge >= 0.3 is 0 Å². The Hall–Kier alpha value is -0.0800. The van der Waals surface area contributed by atoms with E-state index in [9.17, 15) is 0 Å². The van der Waals surface area contributed by atoms with Crippen molar-refractivity contribution in [2.24, 2.45) is 5.41 Å². The van der Waals surface area contributed by atoms with Gasteiger partial charge in [-0.15, -0.1) is 0 Å². The second-order valence-corrected chi connectivity index (χ2v) is 5.30. The van der Waals surface area contributed by atoms with Crippen LogP contribution in [-0.2, 0) is 0 Å². The highest BCUT2D eigenvalue weighted by Gasteiger charge is 2.30. The number of hydrogen-bond donors (Lipinski definition) is 2. The Kier molecular flexibility index (Phi) is 4.90. The zero-order valence-electron chi connectivity index (χ0n) is 10.0. The van der Waals surface area contributed by atoms with Crippen molar-refractivity contribution in [3.63, 3.8) is 0 Å². The lowest BCUT2D eigenvalue weighted by Gasteiger charge is -2.38. The fraction of sp³-hybridized carbons (Fsp3) is 1.00. The van der Waals surface area contributed by atoms with Gasteiger partial charge in [-0.2, -0.15) is 0 Å². The van der Waals surface area contributed by atoms with Crippen LogP contribution in [0.1, 0.15) is 46.5 Å². The van der Waals surface area contributed by atoms with Gasteiger partial charge in [0.05, 0.1) is 0 Å². The summed E-state index contributed by atoms with van der Waals surface area (Å²) in [5.41, 5.74) is 0.630. The lowest BCUT2D eigenvalue weighted by molar-refractivity contribution is 0.157. The van der Waals surface area contributed by atoms with Crippen molar-refractivity contribution in [1.29, 1.82) is 0 Å². The summed E-state index contributed by atoms with van der Waals surface area (Å²) in [4.78, 5) is 0. The smallest absolute Gasteiger partial charge is 0.00103 e. The van der Waals surface area contributed by atoms with Crippen LogP contribution in [0.4, 0.5) is 0 Å². The molecule has 84 valence electrons. The van der Waals surface area contributed by atoms with Crippen molar-refractivity contribution >= 4 is 0 Å². The molecule has 0 aromatic rings. The predicted octanol–water partition coefficient (Wildman–Crippen LogP) is 2.15. The first-order valence-electron chi connectivity index (χ1n) is 6.06. The summed E-state index contributed by atoms with van der Waals surface area (Å²) in [6.45, 7) is 10.3. The van der Waals surface area contributed by atoms with E-state index in [1.54, 1.807) is 0 Å². The molecular weight excluding hydrogens is 172 g/mol. The van der Waals surface area contributed by atoms with Gasteiger partial charge in [0.1, 0.15) is 0 Å². The lowest BCUT2D eigenvalue weighted by Crippen LogP contribution is -2.38. The second-order valence-electron chi connectivity index (χ2n) is 5.30. The van der Waals surface area contributed by atoms with Crippen LogP contribution in [0.15, 0.2) is 0 Å². The van der Waals surface area contributed by atoms with Crippen LogP contribution < -0.4 is 10.6 Å². The maximum atomic E-state index is 3.56. The minimum Gasteiger partial charge on any atom is -0.316 e. The quantitative estimate of drug-likeness (QED) is 0.613. The summed E-state index contributed by atoms with van der Waals surface area (Å²) in [7, 11) is 0. The molecule has 0 aliphatic heterocycles. The van der Waals surface area contributed by atoms with Crippen molar-refractivity contribution in [3.8, 4) is 0 Å². The Morgan fingerprint density at radius 1 is 1.21 bits per heavy atom. The van der Waals surface area contributed by atoms with Crippen molar-refractivity contribution in [3.05, 3.63) is 0 Å². The van der Waals surface area contributed by atoms with Crippen LogP contribution in [0, 0.1) is 5.41 Å². The Bertz CT molecular complexity index is 150. The molecule has 0 amide bonds. The third-order valence-electron chi connectivity index (χ3n) is 3.20. The molecule has 0 bridgehead atoms. The predicted molar refractivity (Wildman–Crippen MR) is 62.6 cm³/mol. The van der Waals surface area contributed by atoms with Crippen molar-refractivity contribution in [1.82, 2.24) is 10.6 Å². The Labute approximate surface area is 88.8 Å². The van der Waals surface area contributed by atoms with Crippen molar-refractivity contribution < 1.29 is 0 Å². The van der Waals surface area contributed by atoms with E-state index in [0.29, 0.717) is 11.5 Å². The molecule has 0 spiro atoms. The summed E-state index contributed by atoms with van der Waals surface area (Å²) < 4.78 is 0. The first kappa shape index (κ1) is 12.0. The monoisotopic (exact) mass is 198 g/mol. The molecule has 0 aromatic carbocycles. The van der Waals surface area contributed by atoms with Crippen LogP contribution in [-0.4, -0.2) is 25.7 Å². The largest absolute Gasteiger partial charge is 0.316 e. The van der Waals surface area contributed by atoms with Gasteiger partial charge in [0, 0.05) is 12.6 Å². The molecule has 2 N–H and O–H groups in total. The molecule has 0 atom stereocenters. The summed E-state index contributed by atoms with van der Waals surface area (Å²) in [5.74, 6) is 0. The second kappa shape index (κ2) is 5.72. The van der Waals surface area contributed by atoms with Gasteiger partial charge in [-0.1, -0.05) is 27.2 Å². The Balaban J connectivity index is 1.84. The molecule has 1 rings (SSSR count). The zero-order chi connectivity index (χ0) is 10.4. The molecule has 0 saturated heterocycles. The van der Waals surface area contributed by atoms with Crippen LogP contribution in [0.2, 0.25) is 0 Å². The molecule has 0 radical (unpaired) electrons. The zero-order valence-corrected chi connectivity index (χ0v) is 10.0. The number of nitrogens with one attached hydrogen (secondary N) is 2. The van der Waals surface area contributed by atoms with Crippen LogP contribution >= 0.6 is 0 Å². The Morgan fingerprint density at radius 2 is 1.93 bits per heavy atom. The van der Waals surface area contributed by atoms with Gasteiger partial charge in [0.25, 0.3) is 0 Å². The van der Waals surface area contributed by atoms with E-state index in [-0.39, 0.29) is 0 Å². The summed E-state index contributed by atoms with van der Waals surface area (Å²) in [6, 6.07) is 0.624. The van der Waals surface area contributed by atoms with Gasteiger partial charge < -0.3 is 10.6 Å². The molecule has 1 fully saturated rings. The maximum absolute atomic E-state index is 3.56. The van der Waals surface area contributed by atoms with E-state index in [1.165, 1.54) is 32.2 Å². The van der Waals surface area contributed by atoms with Crippen molar-refractivity contribution in [2.45, 2.75) is 52.5 Å². The summed E-state index contributed by atoms with van der Waals surface area (Å²) in [5, 5.41) is 6.99. The van der Waals surface area contributed by atoms with Gasteiger partial charge in [-0.3, -0.25) is 0 Å². The van der Waals surface area contributed by atoms with Gasteiger partial charge in [-0.25, -0.2) is 0 Å². The van der Waals surface area contributed by atoms with E-state index in [1.807, 2.05) is 0 Å². The van der Waals surface area contributed by atoms with Gasteiger partial charge in [0.2, 0.25) is 0 Å². The van der Waals surface area contributed by atoms with E-state index in [4.69, 9.17) is 0 Å². The fourth-order valence-corrected chi connectivity index (χ4v) is 1.95.